The van der Waals surface area contributed by atoms with Crippen molar-refractivity contribution in [2.75, 3.05) is 27.5 Å². The van der Waals surface area contributed by atoms with Crippen molar-refractivity contribution in [3.8, 4) is 11.5 Å². The van der Waals surface area contributed by atoms with Crippen LogP contribution in [0, 0.1) is 0 Å². The number of hydrogen-bond acceptors (Lipinski definition) is 4. The lowest BCUT2D eigenvalue weighted by atomic mass is 10.2. The fraction of sp³-hybridized carbons (Fsp3) is 0.455. The van der Waals surface area contributed by atoms with Gasteiger partial charge >= 0.3 is 0 Å². The Bertz CT molecular complexity index is 484. The first-order chi connectivity index (χ1) is 7.88. The Balaban J connectivity index is 2.99. The molecule has 0 aliphatic rings. The van der Waals surface area contributed by atoms with Crippen molar-refractivity contribution < 1.29 is 17.9 Å². The van der Waals surface area contributed by atoms with E-state index in [9.17, 15) is 8.42 Å². The van der Waals surface area contributed by atoms with E-state index in [0.717, 1.165) is 5.56 Å². The highest BCUT2D eigenvalue weighted by Crippen LogP contribution is 2.25. The molecule has 0 aromatic heterocycles. The normalized spacial score (nSPS) is 11.6. The van der Waals surface area contributed by atoms with Crippen LogP contribution in [0.5, 0.6) is 11.5 Å². The van der Waals surface area contributed by atoms with Gasteiger partial charge in [0.1, 0.15) is 11.5 Å². The zero-order chi connectivity index (χ0) is 13.1. The van der Waals surface area contributed by atoms with Crippen molar-refractivity contribution in [3.05, 3.63) is 23.8 Å². The van der Waals surface area contributed by atoms with E-state index >= 15 is 0 Å². The highest BCUT2D eigenvalue weighted by Gasteiger charge is 2.14. The molecule has 17 heavy (non-hydrogen) atoms. The van der Waals surface area contributed by atoms with Crippen LogP contribution >= 0.6 is 0 Å². The summed E-state index contributed by atoms with van der Waals surface area (Å²) in [5.74, 6) is 1.28. The Morgan fingerprint density at radius 2 is 1.88 bits per heavy atom. The molecule has 0 aliphatic heterocycles. The van der Waals surface area contributed by atoms with Crippen LogP contribution in [0.25, 0.3) is 0 Å². The van der Waals surface area contributed by atoms with Gasteiger partial charge in [0.05, 0.1) is 20.5 Å². The smallest absolute Gasteiger partial charge is 0.211 e. The summed E-state index contributed by atoms with van der Waals surface area (Å²) >= 11 is 0. The summed E-state index contributed by atoms with van der Waals surface area (Å²) in [5.41, 5.74) is 0.793. The Hall–Kier alpha value is -1.27. The van der Waals surface area contributed by atoms with Gasteiger partial charge in [0, 0.05) is 25.2 Å². The van der Waals surface area contributed by atoms with Crippen molar-refractivity contribution in [2.45, 2.75) is 6.54 Å². The second kappa shape index (κ2) is 5.37. The van der Waals surface area contributed by atoms with Crippen molar-refractivity contribution in [1.82, 2.24) is 4.31 Å². The van der Waals surface area contributed by atoms with E-state index in [1.807, 2.05) is 0 Å². The number of benzene rings is 1. The molecule has 0 spiro atoms. The molecule has 0 unspecified atom stereocenters. The van der Waals surface area contributed by atoms with Gasteiger partial charge in [-0.2, -0.15) is 0 Å². The van der Waals surface area contributed by atoms with E-state index in [4.69, 9.17) is 9.47 Å². The maximum Gasteiger partial charge on any atom is 0.211 e. The number of rotatable bonds is 5. The molecule has 6 heteroatoms. The topological polar surface area (TPSA) is 55.8 Å². The first-order valence-electron chi connectivity index (χ1n) is 5.00. The lowest BCUT2D eigenvalue weighted by molar-refractivity contribution is 0.384. The minimum atomic E-state index is -3.20. The maximum atomic E-state index is 11.3. The van der Waals surface area contributed by atoms with E-state index in [0.29, 0.717) is 11.5 Å². The maximum absolute atomic E-state index is 11.3. The van der Waals surface area contributed by atoms with Crippen LogP contribution in [0.15, 0.2) is 18.2 Å². The average Bonchev–Trinajstić information content (AvgIpc) is 2.28. The average molecular weight is 259 g/mol. The molecule has 0 fully saturated rings. The van der Waals surface area contributed by atoms with E-state index < -0.39 is 10.0 Å². The summed E-state index contributed by atoms with van der Waals surface area (Å²) in [6.07, 6.45) is 1.17. The number of methoxy groups -OCH3 is 2. The Kier molecular flexibility index (Phi) is 4.36. The van der Waals surface area contributed by atoms with Crippen LogP contribution in [0.3, 0.4) is 0 Å². The van der Waals surface area contributed by atoms with Crippen LogP contribution in [0.1, 0.15) is 5.56 Å². The fourth-order valence-electron chi connectivity index (χ4n) is 1.34. The van der Waals surface area contributed by atoms with Gasteiger partial charge in [-0.15, -0.1) is 0 Å². The van der Waals surface area contributed by atoms with E-state index in [-0.39, 0.29) is 6.54 Å². The predicted molar refractivity (Wildman–Crippen MR) is 65.9 cm³/mol. The van der Waals surface area contributed by atoms with E-state index in [1.165, 1.54) is 17.6 Å². The van der Waals surface area contributed by atoms with Gasteiger partial charge in [-0.1, -0.05) is 6.07 Å². The molecule has 0 aliphatic carbocycles. The highest BCUT2D eigenvalue weighted by molar-refractivity contribution is 7.88. The number of ether oxygens (including phenoxy) is 2. The zero-order valence-electron chi connectivity index (χ0n) is 10.4. The summed E-state index contributed by atoms with van der Waals surface area (Å²) in [6.45, 7) is 0.270. The van der Waals surface area contributed by atoms with Crippen LogP contribution in [-0.4, -0.2) is 40.2 Å². The monoisotopic (exact) mass is 259 g/mol. The molecule has 0 radical (unpaired) electrons. The molecular formula is C11H17NO4S. The van der Waals surface area contributed by atoms with E-state index in [1.54, 1.807) is 32.4 Å². The van der Waals surface area contributed by atoms with Gasteiger partial charge in [0.2, 0.25) is 10.0 Å². The lowest BCUT2D eigenvalue weighted by Gasteiger charge is -2.16. The van der Waals surface area contributed by atoms with Gasteiger partial charge < -0.3 is 9.47 Å². The van der Waals surface area contributed by atoms with Crippen LogP contribution in [0.4, 0.5) is 0 Å². The Morgan fingerprint density at radius 3 is 2.35 bits per heavy atom. The molecule has 0 saturated heterocycles. The van der Waals surface area contributed by atoms with Crippen molar-refractivity contribution in [1.29, 1.82) is 0 Å². The standard InChI is InChI=1S/C11H17NO4S/c1-12(17(4,13)14)8-9-5-6-10(15-2)7-11(9)16-3/h5-7H,8H2,1-4H3. The van der Waals surface area contributed by atoms with Gasteiger partial charge in [-0.3, -0.25) is 0 Å². The number of hydrogen-bond donors (Lipinski definition) is 0. The van der Waals surface area contributed by atoms with E-state index in [2.05, 4.69) is 0 Å². The molecule has 0 atom stereocenters. The van der Waals surface area contributed by atoms with Gasteiger partial charge in [-0.25, -0.2) is 12.7 Å². The molecule has 96 valence electrons. The third-order valence-electron chi connectivity index (χ3n) is 2.45. The van der Waals surface area contributed by atoms with Crippen molar-refractivity contribution >= 4 is 10.0 Å². The summed E-state index contributed by atoms with van der Waals surface area (Å²) in [5, 5.41) is 0. The van der Waals surface area contributed by atoms with Crippen molar-refractivity contribution in [3.63, 3.8) is 0 Å². The molecule has 0 bridgehead atoms. The minimum absolute atomic E-state index is 0.270. The molecule has 5 nitrogen and oxygen atoms in total. The summed E-state index contributed by atoms with van der Waals surface area (Å²) < 4.78 is 34.2. The first kappa shape index (κ1) is 13.8. The summed E-state index contributed by atoms with van der Waals surface area (Å²) in [4.78, 5) is 0. The molecule has 0 N–H and O–H groups in total. The van der Waals surface area contributed by atoms with Crippen molar-refractivity contribution in [2.24, 2.45) is 0 Å². The Morgan fingerprint density at radius 1 is 1.24 bits per heavy atom. The molecule has 1 aromatic rings. The zero-order valence-corrected chi connectivity index (χ0v) is 11.2. The van der Waals surface area contributed by atoms with Gasteiger partial charge in [0.25, 0.3) is 0 Å². The third-order valence-corrected chi connectivity index (χ3v) is 3.71. The second-order valence-electron chi connectivity index (χ2n) is 3.70. The molecule has 1 rings (SSSR count). The van der Waals surface area contributed by atoms with Crippen LogP contribution in [0.2, 0.25) is 0 Å². The SMILES string of the molecule is COc1ccc(CN(C)S(C)(=O)=O)c(OC)c1. The van der Waals surface area contributed by atoms with Crippen LogP contribution in [-0.2, 0) is 16.6 Å². The van der Waals surface area contributed by atoms with Crippen LogP contribution < -0.4 is 9.47 Å². The predicted octanol–water partition coefficient (Wildman–Crippen LogP) is 1.10. The lowest BCUT2D eigenvalue weighted by Crippen LogP contribution is -2.25. The second-order valence-corrected chi connectivity index (χ2v) is 5.79. The molecular weight excluding hydrogens is 242 g/mol. The quantitative estimate of drug-likeness (QED) is 0.794. The Labute approximate surface area is 102 Å². The van der Waals surface area contributed by atoms with Gasteiger partial charge in [0.15, 0.2) is 0 Å². The number of sulfonamides is 1. The molecule has 0 amide bonds. The fourth-order valence-corrected chi connectivity index (χ4v) is 1.71. The van der Waals surface area contributed by atoms with Gasteiger partial charge in [-0.05, 0) is 6.07 Å². The minimum Gasteiger partial charge on any atom is -0.497 e. The summed E-state index contributed by atoms with van der Waals surface area (Å²) in [7, 11) is 1.44. The first-order valence-corrected chi connectivity index (χ1v) is 6.85. The summed E-state index contributed by atoms with van der Waals surface area (Å²) in [6, 6.07) is 5.29. The highest BCUT2D eigenvalue weighted by atomic mass is 32.2. The molecule has 0 saturated carbocycles. The third kappa shape index (κ3) is 3.61. The largest absolute Gasteiger partial charge is 0.497 e. The molecule has 0 heterocycles. The number of nitrogens with zero attached hydrogens (tertiary/aromatic N) is 1. The molecule has 1 aromatic carbocycles.